The number of benzene rings is 1. The number of fused-ring (bicyclic) bond motifs is 1. The average Bonchev–Trinajstić information content (AvgIpc) is 2.49. The molecule has 5 heteroatoms. The molecule has 128 valence electrons. The molecule has 1 aliphatic rings. The van der Waals surface area contributed by atoms with E-state index in [1.165, 1.54) is 5.56 Å². The van der Waals surface area contributed by atoms with Crippen molar-refractivity contribution in [1.29, 1.82) is 0 Å². The maximum absolute atomic E-state index is 12.5. The summed E-state index contributed by atoms with van der Waals surface area (Å²) in [6.45, 7) is 7.38. The van der Waals surface area contributed by atoms with E-state index in [9.17, 15) is 4.79 Å². The van der Waals surface area contributed by atoms with Gasteiger partial charge in [-0.2, -0.15) is 11.8 Å². The van der Waals surface area contributed by atoms with Crippen molar-refractivity contribution in [3.05, 3.63) is 23.8 Å². The minimum absolute atomic E-state index is 0.252. The van der Waals surface area contributed by atoms with Gasteiger partial charge in [0.15, 0.2) is 0 Å². The molecule has 0 spiro atoms. The number of aryl methyl sites for hydroxylation is 1. The van der Waals surface area contributed by atoms with Crippen molar-refractivity contribution in [2.24, 2.45) is 0 Å². The van der Waals surface area contributed by atoms with Crippen LogP contribution in [0.5, 0.6) is 0 Å². The highest BCUT2D eigenvalue weighted by Gasteiger charge is 2.27. The van der Waals surface area contributed by atoms with Crippen molar-refractivity contribution in [3.63, 3.8) is 0 Å². The summed E-state index contributed by atoms with van der Waals surface area (Å²) in [5, 5.41) is 3.45. The van der Waals surface area contributed by atoms with E-state index in [1.807, 2.05) is 32.5 Å². The van der Waals surface area contributed by atoms with E-state index < -0.39 is 5.60 Å². The fourth-order valence-corrected chi connectivity index (χ4v) is 3.07. The Bertz CT molecular complexity index is 540. The molecule has 1 aromatic carbocycles. The summed E-state index contributed by atoms with van der Waals surface area (Å²) >= 11 is 1.86. The highest BCUT2D eigenvalue weighted by Crippen LogP contribution is 2.31. The minimum atomic E-state index is -0.470. The first-order valence-electron chi connectivity index (χ1n) is 8.27. The molecule has 1 N–H and O–H groups in total. The lowest BCUT2D eigenvalue weighted by molar-refractivity contribution is 0.0578. The third-order valence-corrected chi connectivity index (χ3v) is 4.37. The third kappa shape index (κ3) is 5.34. The van der Waals surface area contributed by atoms with E-state index in [4.69, 9.17) is 4.74 Å². The van der Waals surface area contributed by atoms with Gasteiger partial charge in [0.2, 0.25) is 0 Å². The summed E-state index contributed by atoms with van der Waals surface area (Å²) in [7, 11) is 0. The van der Waals surface area contributed by atoms with Crippen LogP contribution in [0.3, 0.4) is 0 Å². The Morgan fingerprint density at radius 3 is 2.87 bits per heavy atom. The number of hydrogen-bond acceptors (Lipinski definition) is 4. The van der Waals surface area contributed by atoms with Gasteiger partial charge >= 0.3 is 6.09 Å². The number of hydrogen-bond donors (Lipinski definition) is 1. The maximum atomic E-state index is 12.5. The summed E-state index contributed by atoms with van der Waals surface area (Å²) in [6.07, 6.45) is 5.00. The zero-order chi connectivity index (χ0) is 16.9. The van der Waals surface area contributed by atoms with Gasteiger partial charge in [0, 0.05) is 18.8 Å². The van der Waals surface area contributed by atoms with E-state index in [0.29, 0.717) is 0 Å². The Morgan fingerprint density at radius 1 is 1.39 bits per heavy atom. The second-order valence-electron chi connectivity index (χ2n) is 6.85. The molecule has 0 aliphatic carbocycles. The summed E-state index contributed by atoms with van der Waals surface area (Å²) in [5.41, 5.74) is 2.81. The summed E-state index contributed by atoms with van der Waals surface area (Å²) in [5.74, 6) is 1.15. The third-order valence-electron chi connectivity index (χ3n) is 3.67. The van der Waals surface area contributed by atoms with Crippen LogP contribution >= 0.6 is 11.8 Å². The van der Waals surface area contributed by atoms with Gasteiger partial charge < -0.3 is 10.1 Å². The zero-order valence-corrected chi connectivity index (χ0v) is 15.5. The molecule has 0 unspecified atom stereocenters. The van der Waals surface area contributed by atoms with E-state index in [-0.39, 0.29) is 6.09 Å². The molecule has 0 fully saturated rings. The standard InChI is InChI=1S/C18H28N2O2S/c1-18(2,3)22-17(21)20-11-5-7-14-8-9-15(13-16(14)20)19-10-6-12-23-4/h8-9,13,19H,5-7,10-12H2,1-4H3. The molecule has 0 saturated carbocycles. The zero-order valence-electron chi connectivity index (χ0n) is 14.6. The Labute approximate surface area is 144 Å². The predicted molar refractivity (Wildman–Crippen MR) is 99.8 cm³/mol. The van der Waals surface area contributed by atoms with Crippen LogP contribution in [0, 0.1) is 0 Å². The number of ether oxygens (including phenoxy) is 1. The summed E-state index contributed by atoms with van der Waals surface area (Å²) < 4.78 is 5.55. The number of thioether (sulfide) groups is 1. The topological polar surface area (TPSA) is 41.6 Å². The largest absolute Gasteiger partial charge is 0.443 e. The normalized spacial score (nSPS) is 14.3. The molecule has 0 aromatic heterocycles. The van der Waals surface area contributed by atoms with Gasteiger partial charge in [-0.1, -0.05) is 6.07 Å². The van der Waals surface area contributed by atoms with Crippen molar-refractivity contribution < 1.29 is 9.53 Å². The van der Waals surface area contributed by atoms with Crippen molar-refractivity contribution in [2.75, 3.05) is 35.3 Å². The first kappa shape index (κ1) is 18.0. The Morgan fingerprint density at radius 2 is 2.17 bits per heavy atom. The second kappa shape index (κ2) is 7.95. The molecular formula is C18H28N2O2S. The highest BCUT2D eigenvalue weighted by molar-refractivity contribution is 7.98. The number of rotatable bonds is 5. The van der Waals surface area contributed by atoms with Crippen molar-refractivity contribution in [3.8, 4) is 0 Å². The van der Waals surface area contributed by atoms with Crippen molar-refractivity contribution >= 4 is 29.2 Å². The van der Waals surface area contributed by atoms with Crippen molar-refractivity contribution in [1.82, 2.24) is 0 Å². The fraction of sp³-hybridized carbons (Fsp3) is 0.611. The number of carbonyl (C=O) groups is 1. The highest BCUT2D eigenvalue weighted by atomic mass is 32.2. The first-order chi connectivity index (χ1) is 10.9. The average molecular weight is 337 g/mol. The predicted octanol–water partition coefficient (Wildman–Crippen LogP) is 4.54. The molecule has 0 saturated heterocycles. The lowest BCUT2D eigenvalue weighted by Gasteiger charge is -2.32. The number of carbonyl (C=O) groups excluding carboxylic acids is 1. The van der Waals surface area contributed by atoms with Gasteiger partial charge in [0.25, 0.3) is 0 Å². The fourth-order valence-electron chi connectivity index (χ4n) is 2.64. The first-order valence-corrected chi connectivity index (χ1v) is 9.66. The van der Waals surface area contributed by atoms with Gasteiger partial charge in [-0.15, -0.1) is 0 Å². The molecule has 23 heavy (non-hydrogen) atoms. The maximum Gasteiger partial charge on any atom is 0.414 e. The number of amides is 1. The van der Waals surface area contributed by atoms with Gasteiger partial charge in [0.1, 0.15) is 5.60 Å². The minimum Gasteiger partial charge on any atom is -0.443 e. The van der Waals surface area contributed by atoms with E-state index >= 15 is 0 Å². The molecule has 0 radical (unpaired) electrons. The molecule has 1 aliphatic heterocycles. The van der Waals surface area contributed by atoms with Crippen LogP contribution in [0.4, 0.5) is 16.2 Å². The molecule has 4 nitrogen and oxygen atoms in total. The molecule has 2 rings (SSSR count). The quantitative estimate of drug-likeness (QED) is 0.802. The van der Waals surface area contributed by atoms with Gasteiger partial charge in [0.05, 0.1) is 5.69 Å². The summed E-state index contributed by atoms with van der Waals surface area (Å²) in [4.78, 5) is 14.2. The van der Waals surface area contributed by atoms with Crippen LogP contribution in [0.2, 0.25) is 0 Å². The van der Waals surface area contributed by atoms with E-state index in [2.05, 4.69) is 29.8 Å². The van der Waals surface area contributed by atoms with E-state index in [1.54, 1.807) is 4.90 Å². The van der Waals surface area contributed by atoms with Gasteiger partial charge in [-0.3, -0.25) is 4.90 Å². The number of anilines is 2. The molecular weight excluding hydrogens is 308 g/mol. The Hall–Kier alpha value is -1.36. The Balaban J connectivity index is 2.10. The van der Waals surface area contributed by atoms with Gasteiger partial charge in [-0.25, -0.2) is 4.79 Å². The smallest absolute Gasteiger partial charge is 0.414 e. The lowest BCUT2D eigenvalue weighted by atomic mass is 10.0. The molecule has 1 amide bonds. The summed E-state index contributed by atoms with van der Waals surface area (Å²) in [6, 6.07) is 6.32. The van der Waals surface area contributed by atoms with Crippen LogP contribution < -0.4 is 10.2 Å². The molecule has 1 heterocycles. The van der Waals surface area contributed by atoms with Crippen LogP contribution in [-0.2, 0) is 11.2 Å². The second-order valence-corrected chi connectivity index (χ2v) is 7.84. The molecule has 0 bridgehead atoms. The number of nitrogens with zero attached hydrogens (tertiary/aromatic N) is 1. The van der Waals surface area contributed by atoms with Crippen LogP contribution in [0.1, 0.15) is 39.2 Å². The van der Waals surface area contributed by atoms with E-state index in [0.717, 1.165) is 49.5 Å². The SMILES string of the molecule is CSCCCNc1ccc2c(c1)N(C(=O)OC(C)(C)C)CCC2. The Kier molecular flexibility index (Phi) is 6.22. The van der Waals surface area contributed by atoms with Crippen molar-refractivity contribution in [2.45, 2.75) is 45.6 Å². The number of nitrogens with one attached hydrogen (secondary N) is 1. The molecule has 0 atom stereocenters. The van der Waals surface area contributed by atoms with Crippen LogP contribution in [0.15, 0.2) is 18.2 Å². The van der Waals surface area contributed by atoms with Crippen LogP contribution in [0.25, 0.3) is 0 Å². The monoisotopic (exact) mass is 336 g/mol. The van der Waals surface area contributed by atoms with Crippen LogP contribution in [-0.4, -0.2) is 36.8 Å². The molecule has 1 aromatic rings. The van der Waals surface area contributed by atoms with Gasteiger partial charge in [-0.05, 0) is 69.7 Å². The lowest BCUT2D eigenvalue weighted by Crippen LogP contribution is -2.39.